The topological polar surface area (TPSA) is 107 Å². The van der Waals surface area contributed by atoms with Gasteiger partial charge in [0.05, 0.1) is 4.90 Å². The van der Waals surface area contributed by atoms with E-state index < -0.39 is 16.2 Å². The van der Waals surface area contributed by atoms with Gasteiger partial charge < -0.3 is 10.5 Å². The summed E-state index contributed by atoms with van der Waals surface area (Å²) in [6, 6.07) is 5.56. The smallest absolute Gasteiger partial charge is 0.323 e. The van der Waals surface area contributed by atoms with Gasteiger partial charge in [-0.15, -0.1) is 0 Å². The molecule has 0 bridgehead atoms. The first-order valence-electron chi connectivity index (χ1n) is 7.74. The molecule has 0 unspecified atom stereocenters. The van der Waals surface area contributed by atoms with Crippen molar-refractivity contribution >= 4 is 16.1 Å². The van der Waals surface area contributed by atoms with Crippen LogP contribution in [-0.4, -0.2) is 31.1 Å². The van der Waals surface area contributed by atoms with Crippen molar-refractivity contribution in [2.24, 2.45) is 5.73 Å². The molecule has 7 heteroatoms. The Morgan fingerprint density at radius 3 is 2.26 bits per heavy atom. The summed E-state index contributed by atoms with van der Waals surface area (Å²) in [6.45, 7) is 3.73. The van der Waals surface area contributed by atoms with Gasteiger partial charge in [-0.25, -0.2) is 0 Å². The standard InChI is InChI=1S/C9H17NO2.C7H8O3S/c1-2-8(10)9(11)12-7-5-3-4-6-7;1-6-2-4-7(5-3-6)11(8,9)10/h7-8H,2-6,10H2,1H3;2-5H,1H3,(H,8,9,10)/t8-;/m0./s1. The summed E-state index contributed by atoms with van der Waals surface area (Å²) in [6.07, 6.45) is 5.20. The molecule has 1 fully saturated rings. The quantitative estimate of drug-likeness (QED) is 0.642. The molecular formula is C16H25NO5S. The van der Waals surface area contributed by atoms with Gasteiger partial charge in [-0.05, 0) is 51.2 Å². The Labute approximate surface area is 137 Å². The molecule has 0 radical (unpaired) electrons. The Hall–Kier alpha value is -1.44. The molecule has 2 rings (SSSR count). The van der Waals surface area contributed by atoms with E-state index in [4.69, 9.17) is 15.0 Å². The average Bonchev–Trinajstić information content (AvgIpc) is 2.99. The first-order valence-corrected chi connectivity index (χ1v) is 9.18. The highest BCUT2D eigenvalue weighted by Crippen LogP contribution is 2.21. The van der Waals surface area contributed by atoms with E-state index in [-0.39, 0.29) is 17.0 Å². The van der Waals surface area contributed by atoms with Gasteiger partial charge in [0.25, 0.3) is 10.1 Å². The molecule has 0 spiro atoms. The molecule has 1 aliphatic carbocycles. The van der Waals surface area contributed by atoms with Crippen LogP contribution in [0.15, 0.2) is 29.2 Å². The number of nitrogens with two attached hydrogens (primary N) is 1. The maximum atomic E-state index is 11.2. The Bertz CT molecular complexity index is 591. The van der Waals surface area contributed by atoms with Gasteiger partial charge in [0.2, 0.25) is 0 Å². The SMILES string of the molecule is CC[C@H](N)C(=O)OC1CCCC1.Cc1ccc(S(=O)(=O)O)cc1. The molecule has 0 saturated heterocycles. The highest BCUT2D eigenvalue weighted by Gasteiger charge is 2.21. The second kappa shape index (κ2) is 9.00. The molecule has 6 nitrogen and oxygen atoms in total. The zero-order chi connectivity index (χ0) is 17.5. The third-order valence-corrected chi connectivity index (χ3v) is 4.51. The molecule has 1 saturated carbocycles. The van der Waals surface area contributed by atoms with Crippen molar-refractivity contribution < 1.29 is 22.5 Å². The molecule has 1 atom stereocenters. The van der Waals surface area contributed by atoms with Crippen LogP contribution in [0.2, 0.25) is 0 Å². The van der Waals surface area contributed by atoms with Crippen LogP contribution >= 0.6 is 0 Å². The summed E-state index contributed by atoms with van der Waals surface area (Å²) < 4.78 is 34.8. The molecule has 0 aliphatic heterocycles. The van der Waals surface area contributed by atoms with Gasteiger partial charge in [-0.2, -0.15) is 8.42 Å². The Morgan fingerprint density at radius 2 is 1.83 bits per heavy atom. The number of carbonyl (C=O) groups is 1. The van der Waals surface area contributed by atoms with E-state index in [0.29, 0.717) is 6.42 Å². The van der Waals surface area contributed by atoms with Crippen LogP contribution in [-0.2, 0) is 19.6 Å². The predicted octanol–water partition coefficient (Wildman–Crippen LogP) is 2.45. The fraction of sp³-hybridized carbons (Fsp3) is 0.562. The maximum Gasteiger partial charge on any atom is 0.323 e. The lowest BCUT2D eigenvalue weighted by atomic mass is 10.2. The van der Waals surface area contributed by atoms with Crippen LogP contribution in [0.4, 0.5) is 0 Å². The third-order valence-electron chi connectivity index (χ3n) is 3.65. The van der Waals surface area contributed by atoms with Crippen LogP contribution in [0.5, 0.6) is 0 Å². The van der Waals surface area contributed by atoms with Crippen LogP contribution in [0.1, 0.15) is 44.6 Å². The van der Waals surface area contributed by atoms with E-state index in [1.807, 2.05) is 13.8 Å². The van der Waals surface area contributed by atoms with Crippen molar-refractivity contribution in [1.29, 1.82) is 0 Å². The zero-order valence-electron chi connectivity index (χ0n) is 13.6. The number of ether oxygens (including phenoxy) is 1. The average molecular weight is 343 g/mol. The normalized spacial score (nSPS) is 16.3. The lowest BCUT2D eigenvalue weighted by molar-refractivity contribution is -0.150. The van der Waals surface area contributed by atoms with E-state index in [9.17, 15) is 13.2 Å². The fourth-order valence-corrected chi connectivity index (χ4v) is 2.61. The van der Waals surface area contributed by atoms with Crippen molar-refractivity contribution in [1.82, 2.24) is 0 Å². The highest BCUT2D eigenvalue weighted by atomic mass is 32.2. The summed E-state index contributed by atoms with van der Waals surface area (Å²) in [5.41, 5.74) is 6.48. The van der Waals surface area contributed by atoms with E-state index >= 15 is 0 Å². The fourth-order valence-electron chi connectivity index (χ4n) is 2.13. The van der Waals surface area contributed by atoms with Crippen molar-refractivity contribution in [2.45, 2.75) is 63.0 Å². The number of rotatable bonds is 4. The van der Waals surface area contributed by atoms with Gasteiger partial charge >= 0.3 is 5.97 Å². The Balaban J connectivity index is 0.000000231. The lowest BCUT2D eigenvalue weighted by Gasteiger charge is -2.14. The van der Waals surface area contributed by atoms with Gasteiger partial charge in [0.15, 0.2) is 0 Å². The minimum absolute atomic E-state index is 0.0666. The van der Waals surface area contributed by atoms with Crippen LogP contribution in [0, 0.1) is 6.92 Å². The van der Waals surface area contributed by atoms with Gasteiger partial charge in [0.1, 0.15) is 12.1 Å². The second-order valence-electron chi connectivity index (χ2n) is 5.65. The number of hydrogen-bond donors (Lipinski definition) is 2. The highest BCUT2D eigenvalue weighted by molar-refractivity contribution is 7.85. The van der Waals surface area contributed by atoms with Gasteiger partial charge in [-0.1, -0.05) is 24.6 Å². The Morgan fingerprint density at radius 1 is 1.30 bits per heavy atom. The third kappa shape index (κ3) is 7.11. The van der Waals surface area contributed by atoms with Crippen LogP contribution < -0.4 is 5.73 Å². The van der Waals surface area contributed by atoms with Crippen molar-refractivity contribution in [3.63, 3.8) is 0 Å². The number of esters is 1. The molecule has 1 aromatic carbocycles. The lowest BCUT2D eigenvalue weighted by Crippen LogP contribution is -2.33. The minimum Gasteiger partial charge on any atom is -0.461 e. The summed E-state index contributed by atoms with van der Waals surface area (Å²) in [4.78, 5) is 11.1. The van der Waals surface area contributed by atoms with E-state index in [1.54, 1.807) is 12.1 Å². The molecule has 0 heterocycles. The molecule has 3 N–H and O–H groups in total. The van der Waals surface area contributed by atoms with Crippen LogP contribution in [0.25, 0.3) is 0 Å². The Kier molecular flexibility index (Phi) is 7.67. The molecule has 1 aromatic rings. The first-order chi connectivity index (χ1) is 10.7. The number of hydrogen-bond acceptors (Lipinski definition) is 5. The zero-order valence-corrected chi connectivity index (χ0v) is 14.4. The number of benzene rings is 1. The van der Waals surface area contributed by atoms with E-state index in [1.165, 1.54) is 25.0 Å². The molecule has 0 aromatic heterocycles. The van der Waals surface area contributed by atoms with Crippen molar-refractivity contribution in [3.8, 4) is 0 Å². The van der Waals surface area contributed by atoms with Gasteiger partial charge in [0, 0.05) is 0 Å². The number of carbonyl (C=O) groups excluding carboxylic acids is 1. The van der Waals surface area contributed by atoms with Gasteiger partial charge in [-0.3, -0.25) is 9.35 Å². The summed E-state index contributed by atoms with van der Waals surface area (Å²) in [5.74, 6) is -0.232. The van der Waals surface area contributed by atoms with E-state index in [0.717, 1.165) is 18.4 Å². The molecule has 1 aliphatic rings. The number of aryl methyl sites for hydroxylation is 1. The largest absolute Gasteiger partial charge is 0.461 e. The maximum absolute atomic E-state index is 11.2. The molecular weight excluding hydrogens is 318 g/mol. The predicted molar refractivity (Wildman–Crippen MR) is 87.6 cm³/mol. The summed E-state index contributed by atoms with van der Waals surface area (Å²) >= 11 is 0. The summed E-state index contributed by atoms with van der Waals surface area (Å²) in [5, 5.41) is 0. The molecule has 0 amide bonds. The van der Waals surface area contributed by atoms with Crippen molar-refractivity contribution in [2.75, 3.05) is 0 Å². The second-order valence-corrected chi connectivity index (χ2v) is 7.07. The van der Waals surface area contributed by atoms with Crippen molar-refractivity contribution in [3.05, 3.63) is 29.8 Å². The van der Waals surface area contributed by atoms with E-state index in [2.05, 4.69) is 0 Å². The summed E-state index contributed by atoms with van der Waals surface area (Å²) in [7, 11) is -4.02. The molecule has 23 heavy (non-hydrogen) atoms. The first kappa shape index (κ1) is 19.6. The minimum atomic E-state index is -4.02. The molecule has 130 valence electrons. The monoisotopic (exact) mass is 343 g/mol. The van der Waals surface area contributed by atoms with Crippen LogP contribution in [0.3, 0.4) is 0 Å².